The molecule has 0 aromatic carbocycles. The van der Waals surface area contributed by atoms with E-state index in [4.69, 9.17) is 3.57 Å². The van der Waals surface area contributed by atoms with Crippen LogP contribution in [0.1, 0.15) is 0 Å². The van der Waals surface area contributed by atoms with Crippen molar-refractivity contribution in [3.63, 3.8) is 0 Å². The average Bonchev–Trinajstić information content (AvgIpc) is 1.00. The van der Waals surface area contributed by atoms with Crippen molar-refractivity contribution in [1.29, 1.82) is 0 Å². The molecule has 0 aliphatic rings. The molecule has 4 heteroatoms. The van der Waals surface area contributed by atoms with Crippen molar-refractivity contribution in [3.05, 3.63) is 0 Å². The summed E-state index contributed by atoms with van der Waals surface area (Å²) in [6.45, 7) is 0. The van der Waals surface area contributed by atoms with Gasteiger partial charge in [0.2, 0.25) is 0 Å². The van der Waals surface area contributed by atoms with Crippen LogP contribution in [-0.4, -0.2) is 25.8 Å². The Kier molecular flexibility index (Phi) is 71.1. The molecule has 0 rings (SSSR count). The van der Waals surface area contributed by atoms with Crippen LogP contribution in [0.2, 0.25) is 0 Å². The van der Waals surface area contributed by atoms with Crippen molar-refractivity contribution >= 4 is 25.8 Å². The molecule has 0 saturated carbocycles. The van der Waals surface area contributed by atoms with Crippen molar-refractivity contribution in [2.45, 2.75) is 0 Å². The van der Waals surface area contributed by atoms with Gasteiger partial charge in [-0.25, -0.2) is 0 Å². The Labute approximate surface area is 82.8 Å². The molecule has 0 saturated heterocycles. The molecule has 1 radical (unpaired) electrons. The van der Waals surface area contributed by atoms with Crippen LogP contribution in [0.25, 0.3) is 0 Å². The zero-order valence-electron chi connectivity index (χ0n) is 1.37. The van der Waals surface area contributed by atoms with Crippen LogP contribution < -0.4 is 0 Å². The minimum atomic E-state index is 0. The molecule has 4 heavy (non-hydrogen) atoms. The second-order valence-corrected chi connectivity index (χ2v) is 0. The summed E-state index contributed by atoms with van der Waals surface area (Å²) in [5.41, 5.74) is 0. The summed E-state index contributed by atoms with van der Waals surface area (Å²) >= 11 is 0.125. The summed E-state index contributed by atoms with van der Waals surface area (Å²) in [6, 6.07) is 0. The molecule has 0 fully saturated rings. The van der Waals surface area contributed by atoms with Crippen LogP contribution in [-0.2, 0) is 21.8 Å². The van der Waals surface area contributed by atoms with Crippen molar-refractivity contribution in [1.82, 2.24) is 0 Å². The molecule has 0 aromatic rings. The van der Waals surface area contributed by atoms with Crippen LogP contribution in [0.15, 0.2) is 0 Å². The summed E-state index contributed by atoms with van der Waals surface area (Å²) in [4.78, 5) is 0. The predicted molar refractivity (Wildman–Crippen MR) is 10.6 cm³/mol. The Balaban J connectivity index is -0.00000000500. The quantitative estimate of drug-likeness (QED) is 0.482. The number of hydrogen-bond donors (Lipinski definition) is 0. The first-order valence-electron chi connectivity index (χ1n) is 0.289. The Morgan fingerprint density at radius 3 is 1.25 bits per heavy atom. The molecule has 1 nitrogen and oxygen atoms in total. The fourth-order valence-electron chi connectivity index (χ4n) is 0. The van der Waals surface area contributed by atoms with E-state index in [0.717, 1.165) is 0 Å². The SMILES string of the molecule is [InH3].[Lu].[O]=[Zn]. The molecule has 0 atom stereocenters. The Bertz CT molecular complexity index is 8.00. The summed E-state index contributed by atoms with van der Waals surface area (Å²) < 4.78 is 8.38. The van der Waals surface area contributed by atoms with E-state index < -0.39 is 0 Å². The van der Waals surface area contributed by atoms with Gasteiger partial charge in [-0.15, -0.1) is 0 Å². The molecule has 0 heterocycles. The fourth-order valence-corrected chi connectivity index (χ4v) is 0. The van der Waals surface area contributed by atoms with Crippen LogP contribution in [0, 0.1) is 36.9 Å². The van der Waals surface area contributed by atoms with Gasteiger partial charge in [-0.05, 0) is 0 Å². The Morgan fingerprint density at radius 2 is 1.25 bits per heavy atom. The number of rotatable bonds is 0. The van der Waals surface area contributed by atoms with E-state index in [0.29, 0.717) is 0 Å². The molecular weight excluding hydrogens is 371 g/mol. The van der Waals surface area contributed by atoms with Crippen LogP contribution >= 0.6 is 0 Å². The van der Waals surface area contributed by atoms with Crippen molar-refractivity contribution < 1.29 is 58.7 Å². The normalized spacial score (nSPS) is 1.50. The minimum absolute atomic E-state index is 0. The van der Waals surface area contributed by atoms with E-state index >= 15 is 0 Å². The monoisotopic (exact) mass is 373 g/mol. The molecular formula is H3InLuOZn. The van der Waals surface area contributed by atoms with E-state index in [1.807, 2.05) is 0 Å². The molecule has 0 aromatic heterocycles. The summed E-state index contributed by atoms with van der Waals surface area (Å²) in [6.07, 6.45) is 0. The van der Waals surface area contributed by atoms with E-state index in [1.165, 1.54) is 0 Å². The number of hydrogen-bond acceptors (Lipinski definition) is 1. The summed E-state index contributed by atoms with van der Waals surface area (Å²) in [5.74, 6) is 0. The van der Waals surface area contributed by atoms with Crippen molar-refractivity contribution in [3.8, 4) is 0 Å². The molecule has 0 amide bonds. The van der Waals surface area contributed by atoms with Crippen LogP contribution in [0.3, 0.4) is 0 Å². The first kappa shape index (κ1) is 16.0. The summed E-state index contributed by atoms with van der Waals surface area (Å²) in [5, 5.41) is 0. The van der Waals surface area contributed by atoms with Crippen molar-refractivity contribution in [2.75, 3.05) is 0 Å². The fraction of sp³-hybridized carbons (Fsp3) is 0. The maximum atomic E-state index is 8.38. The molecule has 0 spiro atoms. The average molecular weight is 374 g/mol. The second kappa shape index (κ2) is 17.7. The van der Waals surface area contributed by atoms with Gasteiger partial charge in [0.15, 0.2) is 0 Å². The maximum absolute atomic E-state index is 8.38. The molecule has 0 aliphatic heterocycles. The third-order valence-corrected chi connectivity index (χ3v) is 0. The molecule has 0 N–H and O–H groups in total. The first-order chi connectivity index (χ1) is 1.00. The van der Waals surface area contributed by atoms with E-state index in [1.54, 1.807) is 0 Å². The molecule has 0 unspecified atom stereocenters. The Hall–Kier alpha value is 2.53. The van der Waals surface area contributed by atoms with Gasteiger partial charge in [-0.3, -0.25) is 0 Å². The first-order valence-corrected chi connectivity index (χ1v) is 1.50. The third-order valence-electron chi connectivity index (χ3n) is 0. The zero-order valence-corrected chi connectivity index (χ0v) is 6.00. The topological polar surface area (TPSA) is 17.1 Å². The molecule has 29 valence electrons. The van der Waals surface area contributed by atoms with Gasteiger partial charge in [-0.2, -0.15) is 0 Å². The second-order valence-electron chi connectivity index (χ2n) is 0. The Morgan fingerprint density at radius 1 is 1.25 bits per heavy atom. The van der Waals surface area contributed by atoms with Gasteiger partial charge in [-0.1, -0.05) is 0 Å². The third kappa shape index (κ3) is 8.82. The van der Waals surface area contributed by atoms with Gasteiger partial charge in [0, 0.05) is 36.9 Å². The summed E-state index contributed by atoms with van der Waals surface area (Å²) in [7, 11) is 0. The van der Waals surface area contributed by atoms with Gasteiger partial charge in [0.25, 0.3) is 0 Å². The van der Waals surface area contributed by atoms with Gasteiger partial charge < -0.3 is 0 Å². The van der Waals surface area contributed by atoms with Gasteiger partial charge >= 0.3 is 47.7 Å². The van der Waals surface area contributed by atoms with Gasteiger partial charge in [0.1, 0.15) is 0 Å². The van der Waals surface area contributed by atoms with E-state index in [-0.39, 0.29) is 81.0 Å². The van der Waals surface area contributed by atoms with Crippen LogP contribution in [0.5, 0.6) is 0 Å². The zero-order chi connectivity index (χ0) is 2.00. The van der Waals surface area contributed by atoms with E-state index in [9.17, 15) is 0 Å². The molecule has 0 bridgehead atoms. The predicted octanol–water partition coefficient (Wildman–Crippen LogP) is -1.31. The van der Waals surface area contributed by atoms with Crippen LogP contribution in [0.4, 0.5) is 0 Å². The molecule has 0 aliphatic carbocycles. The standard InChI is InChI=1S/In.Lu.O.Zn.3H. The van der Waals surface area contributed by atoms with E-state index in [2.05, 4.69) is 0 Å². The van der Waals surface area contributed by atoms with Crippen molar-refractivity contribution in [2.24, 2.45) is 0 Å². The van der Waals surface area contributed by atoms with Gasteiger partial charge in [0.05, 0.1) is 0 Å².